The summed E-state index contributed by atoms with van der Waals surface area (Å²) in [7, 11) is 1.78. The van der Waals surface area contributed by atoms with E-state index in [4.69, 9.17) is 4.74 Å². The molecule has 1 aliphatic rings. The number of ether oxygens (including phenoxy) is 1. The van der Waals surface area contributed by atoms with Crippen LogP contribution in [-0.4, -0.2) is 37.7 Å². The highest BCUT2D eigenvalue weighted by atomic mass is 16.5. The quantitative estimate of drug-likeness (QED) is 0.700. The lowest BCUT2D eigenvalue weighted by Crippen LogP contribution is -2.26. The molecule has 5 heteroatoms. The number of hydrogen-bond acceptors (Lipinski definition) is 4. The molecule has 5 nitrogen and oxygen atoms in total. The number of amides is 1. The number of carbonyl (C=O) groups excluding carboxylic acids is 1. The standard InChI is InChI=1S/C14H21N3O2/c1-15-13-9-16-7-5-12(13)14(18)17-6-2-8-19-10-11-3-4-11/h5,7,9,11,15H,2-4,6,8,10H2,1H3,(H,17,18). The van der Waals surface area contributed by atoms with Gasteiger partial charge in [-0.05, 0) is 31.2 Å². The average molecular weight is 263 g/mol. The second-order valence-corrected chi connectivity index (χ2v) is 4.80. The van der Waals surface area contributed by atoms with E-state index in [0.717, 1.165) is 24.6 Å². The van der Waals surface area contributed by atoms with Crippen LogP contribution in [0.4, 0.5) is 5.69 Å². The van der Waals surface area contributed by atoms with Gasteiger partial charge in [-0.3, -0.25) is 9.78 Å². The van der Waals surface area contributed by atoms with E-state index in [9.17, 15) is 4.79 Å². The number of aromatic nitrogens is 1. The molecule has 1 aromatic heterocycles. The Morgan fingerprint density at radius 3 is 3.11 bits per heavy atom. The van der Waals surface area contributed by atoms with Gasteiger partial charge in [0.05, 0.1) is 17.4 Å². The van der Waals surface area contributed by atoms with Gasteiger partial charge in [0.2, 0.25) is 0 Å². The summed E-state index contributed by atoms with van der Waals surface area (Å²) in [5, 5.41) is 5.85. The van der Waals surface area contributed by atoms with Crippen LogP contribution in [0.2, 0.25) is 0 Å². The van der Waals surface area contributed by atoms with E-state index < -0.39 is 0 Å². The molecule has 0 unspecified atom stereocenters. The van der Waals surface area contributed by atoms with Crippen molar-refractivity contribution < 1.29 is 9.53 Å². The fourth-order valence-corrected chi connectivity index (χ4v) is 1.80. The van der Waals surface area contributed by atoms with Crippen molar-refractivity contribution in [3.05, 3.63) is 24.0 Å². The van der Waals surface area contributed by atoms with Gasteiger partial charge in [-0.1, -0.05) is 0 Å². The molecule has 0 radical (unpaired) electrons. The number of nitrogens with one attached hydrogen (secondary N) is 2. The van der Waals surface area contributed by atoms with Crippen molar-refractivity contribution in [3.63, 3.8) is 0 Å². The molecule has 0 aliphatic heterocycles. The molecule has 0 atom stereocenters. The Hall–Kier alpha value is -1.62. The molecule has 1 saturated carbocycles. The monoisotopic (exact) mass is 263 g/mol. The van der Waals surface area contributed by atoms with Gasteiger partial charge in [0.25, 0.3) is 5.91 Å². The lowest BCUT2D eigenvalue weighted by atomic mass is 10.2. The minimum Gasteiger partial charge on any atom is -0.386 e. The van der Waals surface area contributed by atoms with E-state index in [1.807, 2.05) is 0 Å². The largest absolute Gasteiger partial charge is 0.386 e. The number of pyridine rings is 1. The van der Waals surface area contributed by atoms with E-state index in [-0.39, 0.29) is 5.91 Å². The number of nitrogens with zero attached hydrogens (tertiary/aromatic N) is 1. The van der Waals surface area contributed by atoms with Crippen molar-refractivity contribution in [3.8, 4) is 0 Å². The van der Waals surface area contributed by atoms with Crippen LogP contribution in [0.3, 0.4) is 0 Å². The molecule has 2 rings (SSSR count). The van der Waals surface area contributed by atoms with Gasteiger partial charge in [0.15, 0.2) is 0 Å². The molecule has 1 aliphatic carbocycles. The topological polar surface area (TPSA) is 63.2 Å². The van der Waals surface area contributed by atoms with Crippen LogP contribution in [0.25, 0.3) is 0 Å². The summed E-state index contributed by atoms with van der Waals surface area (Å²) in [6.45, 7) is 2.23. The highest BCUT2D eigenvalue weighted by molar-refractivity contribution is 5.99. The van der Waals surface area contributed by atoms with Crippen LogP contribution >= 0.6 is 0 Å². The zero-order valence-electron chi connectivity index (χ0n) is 11.3. The molecule has 0 bridgehead atoms. The van der Waals surface area contributed by atoms with E-state index in [1.165, 1.54) is 12.8 Å². The maximum absolute atomic E-state index is 12.0. The Bertz CT molecular complexity index is 419. The van der Waals surface area contributed by atoms with Crippen LogP contribution in [-0.2, 0) is 4.74 Å². The molecule has 2 N–H and O–H groups in total. The maximum Gasteiger partial charge on any atom is 0.253 e. The number of rotatable bonds is 8. The highest BCUT2D eigenvalue weighted by Crippen LogP contribution is 2.28. The molecule has 1 fully saturated rings. The van der Waals surface area contributed by atoms with Gasteiger partial charge in [-0.15, -0.1) is 0 Å². The minimum atomic E-state index is -0.0751. The van der Waals surface area contributed by atoms with Crippen LogP contribution < -0.4 is 10.6 Å². The Kier molecular flexibility index (Phi) is 5.15. The lowest BCUT2D eigenvalue weighted by Gasteiger charge is -2.09. The summed E-state index contributed by atoms with van der Waals surface area (Å²) in [5.41, 5.74) is 1.36. The van der Waals surface area contributed by atoms with Crippen LogP contribution in [0, 0.1) is 5.92 Å². The lowest BCUT2D eigenvalue weighted by molar-refractivity contribution is 0.0938. The third-order valence-corrected chi connectivity index (χ3v) is 3.14. The van der Waals surface area contributed by atoms with Crippen molar-refractivity contribution in [1.29, 1.82) is 0 Å². The first-order valence-electron chi connectivity index (χ1n) is 6.79. The molecule has 0 spiro atoms. The van der Waals surface area contributed by atoms with Crippen LogP contribution in [0.1, 0.15) is 29.6 Å². The summed E-state index contributed by atoms with van der Waals surface area (Å²) >= 11 is 0. The fourth-order valence-electron chi connectivity index (χ4n) is 1.80. The van der Waals surface area contributed by atoms with E-state index in [2.05, 4.69) is 15.6 Å². The maximum atomic E-state index is 12.0. The first-order valence-corrected chi connectivity index (χ1v) is 6.79. The Morgan fingerprint density at radius 1 is 1.53 bits per heavy atom. The number of carbonyl (C=O) groups is 1. The van der Waals surface area contributed by atoms with E-state index in [1.54, 1.807) is 25.5 Å². The molecular formula is C14H21N3O2. The minimum absolute atomic E-state index is 0.0751. The second kappa shape index (κ2) is 7.09. The predicted octanol–water partition coefficient (Wildman–Crippen LogP) is 1.67. The van der Waals surface area contributed by atoms with Gasteiger partial charge in [0, 0.05) is 33.0 Å². The van der Waals surface area contributed by atoms with Gasteiger partial charge in [-0.25, -0.2) is 0 Å². The van der Waals surface area contributed by atoms with Crippen molar-refractivity contribution in [2.75, 3.05) is 32.1 Å². The third kappa shape index (κ3) is 4.52. The van der Waals surface area contributed by atoms with Gasteiger partial charge in [0.1, 0.15) is 0 Å². The molecule has 0 aromatic carbocycles. The van der Waals surface area contributed by atoms with Crippen LogP contribution in [0.5, 0.6) is 0 Å². The normalized spacial score (nSPS) is 14.2. The Labute approximate surface area is 113 Å². The zero-order chi connectivity index (χ0) is 13.5. The Morgan fingerprint density at radius 2 is 2.37 bits per heavy atom. The number of hydrogen-bond donors (Lipinski definition) is 2. The van der Waals surface area contributed by atoms with Crippen molar-refractivity contribution in [2.45, 2.75) is 19.3 Å². The van der Waals surface area contributed by atoms with E-state index in [0.29, 0.717) is 18.7 Å². The molecule has 19 heavy (non-hydrogen) atoms. The zero-order valence-corrected chi connectivity index (χ0v) is 11.3. The molecule has 0 saturated heterocycles. The van der Waals surface area contributed by atoms with Crippen LogP contribution in [0.15, 0.2) is 18.5 Å². The van der Waals surface area contributed by atoms with Gasteiger partial charge >= 0.3 is 0 Å². The molecule has 1 aromatic rings. The van der Waals surface area contributed by atoms with Gasteiger partial charge in [-0.2, -0.15) is 0 Å². The van der Waals surface area contributed by atoms with Gasteiger partial charge < -0.3 is 15.4 Å². The fraction of sp³-hybridized carbons (Fsp3) is 0.571. The van der Waals surface area contributed by atoms with Crippen molar-refractivity contribution in [2.24, 2.45) is 5.92 Å². The molecule has 1 amide bonds. The first kappa shape index (κ1) is 13.8. The third-order valence-electron chi connectivity index (χ3n) is 3.14. The van der Waals surface area contributed by atoms with E-state index >= 15 is 0 Å². The summed E-state index contributed by atoms with van der Waals surface area (Å²) in [5.74, 6) is 0.721. The second-order valence-electron chi connectivity index (χ2n) is 4.80. The molecule has 104 valence electrons. The summed E-state index contributed by atoms with van der Waals surface area (Å²) in [6, 6.07) is 1.71. The van der Waals surface area contributed by atoms with Crippen molar-refractivity contribution >= 4 is 11.6 Å². The average Bonchev–Trinajstić information content (AvgIpc) is 3.26. The summed E-state index contributed by atoms with van der Waals surface area (Å²) < 4.78 is 5.52. The number of anilines is 1. The predicted molar refractivity (Wildman–Crippen MR) is 74.3 cm³/mol. The summed E-state index contributed by atoms with van der Waals surface area (Å²) in [6.07, 6.45) is 6.73. The highest BCUT2D eigenvalue weighted by Gasteiger charge is 2.20. The smallest absolute Gasteiger partial charge is 0.253 e. The molecule has 1 heterocycles. The SMILES string of the molecule is CNc1cnccc1C(=O)NCCCOCC1CC1. The first-order chi connectivity index (χ1) is 9.31. The molecular weight excluding hydrogens is 242 g/mol. The van der Waals surface area contributed by atoms with Crippen molar-refractivity contribution in [1.82, 2.24) is 10.3 Å². The Balaban J connectivity index is 1.65. The summed E-state index contributed by atoms with van der Waals surface area (Å²) in [4.78, 5) is 15.9.